The molecule has 1 aromatic carbocycles. The van der Waals surface area contributed by atoms with E-state index in [-0.39, 0.29) is 11.7 Å². The number of amides is 1. The minimum Gasteiger partial charge on any atom is -0.345 e. The molecule has 1 amide bonds. The van der Waals surface area contributed by atoms with Crippen LogP contribution in [0.2, 0.25) is 0 Å². The second-order valence-corrected chi connectivity index (χ2v) is 4.19. The quantitative estimate of drug-likeness (QED) is 0.792. The van der Waals surface area contributed by atoms with Crippen LogP contribution < -0.4 is 11.1 Å². The summed E-state index contributed by atoms with van der Waals surface area (Å²) in [6, 6.07) is 6.17. The molecule has 0 bridgehead atoms. The molecule has 1 aliphatic rings. The fourth-order valence-electron chi connectivity index (χ4n) is 2.20. The maximum absolute atomic E-state index is 12.8. The molecule has 4 heteroatoms. The largest absolute Gasteiger partial charge is 0.345 e. The molecule has 2 rings (SSSR count). The van der Waals surface area contributed by atoms with Crippen LogP contribution in [0.15, 0.2) is 24.3 Å². The van der Waals surface area contributed by atoms with Gasteiger partial charge in [0.05, 0.1) is 5.54 Å². The molecule has 3 nitrogen and oxygen atoms in total. The number of nitrogens with two attached hydrogens (primary N) is 1. The normalized spacial score (nSPS) is 25.2. The summed E-state index contributed by atoms with van der Waals surface area (Å²) >= 11 is 0. The predicted molar refractivity (Wildman–Crippen MR) is 59.1 cm³/mol. The van der Waals surface area contributed by atoms with E-state index in [4.69, 9.17) is 5.73 Å². The van der Waals surface area contributed by atoms with Gasteiger partial charge < -0.3 is 11.1 Å². The Morgan fingerprint density at radius 2 is 2.06 bits per heavy atom. The third kappa shape index (κ3) is 1.93. The monoisotopic (exact) mass is 222 g/mol. The second-order valence-electron chi connectivity index (χ2n) is 4.19. The van der Waals surface area contributed by atoms with E-state index in [0.29, 0.717) is 13.0 Å². The summed E-state index contributed by atoms with van der Waals surface area (Å²) in [5.41, 5.74) is 6.13. The maximum Gasteiger partial charge on any atom is 0.220 e. The molecule has 3 N–H and O–H groups in total. The first kappa shape index (κ1) is 11.1. The summed E-state index contributed by atoms with van der Waals surface area (Å²) in [5.74, 6) is -0.265. The molecule has 1 atom stereocenters. The highest BCUT2D eigenvalue weighted by molar-refractivity contribution is 5.78. The zero-order valence-electron chi connectivity index (χ0n) is 9.00. The van der Waals surface area contributed by atoms with Crippen LogP contribution >= 0.6 is 0 Å². The Hall–Kier alpha value is -1.42. The van der Waals surface area contributed by atoms with E-state index >= 15 is 0 Å². The van der Waals surface area contributed by atoms with Gasteiger partial charge in [-0.25, -0.2) is 4.39 Å². The van der Waals surface area contributed by atoms with Gasteiger partial charge in [-0.1, -0.05) is 12.1 Å². The van der Waals surface area contributed by atoms with E-state index in [0.717, 1.165) is 18.4 Å². The van der Waals surface area contributed by atoms with Gasteiger partial charge in [0.1, 0.15) is 5.82 Å². The van der Waals surface area contributed by atoms with Gasteiger partial charge in [0, 0.05) is 13.0 Å². The second kappa shape index (κ2) is 4.22. The molecule has 1 saturated heterocycles. The summed E-state index contributed by atoms with van der Waals surface area (Å²) in [5, 5.41) is 2.93. The Labute approximate surface area is 93.8 Å². The number of rotatable bonds is 2. The topological polar surface area (TPSA) is 55.1 Å². The van der Waals surface area contributed by atoms with Gasteiger partial charge in [-0.2, -0.15) is 0 Å². The van der Waals surface area contributed by atoms with Crippen molar-refractivity contribution in [2.45, 2.75) is 24.8 Å². The third-order valence-electron chi connectivity index (χ3n) is 3.13. The summed E-state index contributed by atoms with van der Waals surface area (Å²) in [6.07, 6.45) is 2.17. The summed E-state index contributed by atoms with van der Waals surface area (Å²) in [4.78, 5) is 11.4. The van der Waals surface area contributed by atoms with Crippen molar-refractivity contribution >= 4 is 5.91 Å². The molecule has 0 spiro atoms. The van der Waals surface area contributed by atoms with E-state index in [2.05, 4.69) is 5.32 Å². The minimum atomic E-state index is -0.511. The van der Waals surface area contributed by atoms with Crippen molar-refractivity contribution < 1.29 is 9.18 Å². The van der Waals surface area contributed by atoms with E-state index < -0.39 is 5.54 Å². The van der Waals surface area contributed by atoms with Crippen LogP contribution in [-0.4, -0.2) is 12.5 Å². The van der Waals surface area contributed by atoms with E-state index in [9.17, 15) is 9.18 Å². The number of benzene rings is 1. The van der Waals surface area contributed by atoms with Gasteiger partial charge >= 0.3 is 0 Å². The zero-order valence-corrected chi connectivity index (χ0v) is 9.00. The van der Waals surface area contributed by atoms with Crippen molar-refractivity contribution in [3.05, 3.63) is 35.6 Å². The molecule has 1 aromatic rings. The first-order valence-corrected chi connectivity index (χ1v) is 5.43. The molecule has 0 radical (unpaired) electrons. The highest BCUT2D eigenvalue weighted by atomic mass is 19.1. The summed E-state index contributed by atoms with van der Waals surface area (Å²) in [6.45, 7) is 0.338. The summed E-state index contributed by atoms with van der Waals surface area (Å²) in [7, 11) is 0. The van der Waals surface area contributed by atoms with Crippen LogP contribution in [0.25, 0.3) is 0 Å². The van der Waals surface area contributed by atoms with Gasteiger partial charge in [0.25, 0.3) is 0 Å². The lowest BCUT2D eigenvalue weighted by molar-refractivity contribution is -0.125. The fraction of sp³-hybridized carbons (Fsp3) is 0.417. The van der Waals surface area contributed by atoms with Crippen LogP contribution in [0, 0.1) is 5.82 Å². The molecule has 1 aliphatic heterocycles. The molecule has 1 heterocycles. The highest BCUT2D eigenvalue weighted by Gasteiger charge is 2.35. The lowest BCUT2D eigenvalue weighted by atomic mass is 9.82. The van der Waals surface area contributed by atoms with Crippen molar-refractivity contribution in [3.63, 3.8) is 0 Å². The average Bonchev–Trinajstić information content (AvgIpc) is 2.29. The van der Waals surface area contributed by atoms with Gasteiger partial charge in [-0.05, 0) is 30.5 Å². The standard InChI is InChI=1S/C12H15FN2O/c13-10-5-3-9(4-6-10)12(8-14)7-1-2-11(16)15-12/h3-6H,1-2,7-8,14H2,(H,15,16). The molecule has 1 fully saturated rings. The molecule has 16 heavy (non-hydrogen) atoms. The number of piperidine rings is 1. The van der Waals surface area contributed by atoms with Crippen LogP contribution in [0.3, 0.4) is 0 Å². The van der Waals surface area contributed by atoms with Crippen LogP contribution in [0.4, 0.5) is 4.39 Å². The number of carbonyl (C=O) groups excluding carboxylic acids is 1. The van der Waals surface area contributed by atoms with E-state index in [1.165, 1.54) is 12.1 Å². The average molecular weight is 222 g/mol. The lowest BCUT2D eigenvalue weighted by Gasteiger charge is -2.37. The first-order valence-electron chi connectivity index (χ1n) is 5.43. The Balaban J connectivity index is 2.33. The smallest absolute Gasteiger partial charge is 0.220 e. The number of hydrogen-bond donors (Lipinski definition) is 2. The van der Waals surface area contributed by atoms with Crippen molar-refractivity contribution in [2.75, 3.05) is 6.54 Å². The number of carbonyl (C=O) groups is 1. The molecule has 1 unspecified atom stereocenters. The summed E-state index contributed by atoms with van der Waals surface area (Å²) < 4.78 is 12.8. The fourth-order valence-corrected chi connectivity index (χ4v) is 2.20. The third-order valence-corrected chi connectivity index (χ3v) is 3.13. The van der Waals surface area contributed by atoms with Crippen LogP contribution in [0.1, 0.15) is 24.8 Å². The van der Waals surface area contributed by atoms with Crippen molar-refractivity contribution in [3.8, 4) is 0 Å². The minimum absolute atomic E-state index is 0.0148. The molecule has 0 saturated carbocycles. The zero-order chi connectivity index (χ0) is 11.6. The number of halogens is 1. The van der Waals surface area contributed by atoms with Gasteiger partial charge in [0.15, 0.2) is 0 Å². The first-order chi connectivity index (χ1) is 7.66. The van der Waals surface area contributed by atoms with Gasteiger partial charge in [-0.3, -0.25) is 4.79 Å². The Kier molecular flexibility index (Phi) is 2.92. The molecule has 0 aliphatic carbocycles. The lowest BCUT2D eigenvalue weighted by Crippen LogP contribution is -2.53. The van der Waals surface area contributed by atoms with Crippen molar-refractivity contribution in [1.82, 2.24) is 5.32 Å². The molecular weight excluding hydrogens is 207 g/mol. The Morgan fingerprint density at radius 1 is 1.38 bits per heavy atom. The van der Waals surface area contributed by atoms with Crippen molar-refractivity contribution in [1.29, 1.82) is 0 Å². The molecular formula is C12H15FN2O. The van der Waals surface area contributed by atoms with Crippen molar-refractivity contribution in [2.24, 2.45) is 5.73 Å². The predicted octanol–water partition coefficient (Wildman–Crippen LogP) is 1.28. The van der Waals surface area contributed by atoms with Crippen LogP contribution in [0.5, 0.6) is 0 Å². The highest BCUT2D eigenvalue weighted by Crippen LogP contribution is 2.29. The molecule has 0 aromatic heterocycles. The van der Waals surface area contributed by atoms with Gasteiger partial charge in [-0.15, -0.1) is 0 Å². The number of nitrogens with one attached hydrogen (secondary N) is 1. The SMILES string of the molecule is NCC1(c2ccc(F)cc2)CCCC(=O)N1. The Morgan fingerprint density at radius 3 is 2.62 bits per heavy atom. The van der Waals surface area contributed by atoms with Crippen LogP contribution in [-0.2, 0) is 10.3 Å². The number of hydrogen-bond acceptors (Lipinski definition) is 2. The molecule has 86 valence electrons. The Bertz CT molecular complexity index is 391. The van der Waals surface area contributed by atoms with Gasteiger partial charge in [0.2, 0.25) is 5.91 Å². The van der Waals surface area contributed by atoms with E-state index in [1.807, 2.05) is 0 Å². The maximum atomic E-state index is 12.8. The van der Waals surface area contributed by atoms with E-state index in [1.54, 1.807) is 12.1 Å².